The van der Waals surface area contributed by atoms with Crippen molar-refractivity contribution < 1.29 is 5.11 Å². The second kappa shape index (κ2) is 3.45. The molecule has 0 aliphatic carbocycles. The molecule has 3 nitrogen and oxygen atoms in total. The minimum absolute atomic E-state index is 0.119. The highest BCUT2D eigenvalue weighted by atomic mass is 16.2. The van der Waals surface area contributed by atoms with Gasteiger partial charge >= 0.3 is 0 Å². The predicted molar refractivity (Wildman–Crippen MR) is 50.8 cm³/mol. The molecule has 0 saturated carbocycles. The Morgan fingerprint density at radius 1 is 1.25 bits per heavy atom. The van der Waals surface area contributed by atoms with Gasteiger partial charge in [0.25, 0.3) is 0 Å². The summed E-state index contributed by atoms with van der Waals surface area (Å²) in [4.78, 5) is 0. The Hall–Kier alpha value is -1.22. The normalized spacial score (nSPS) is 10.2. The van der Waals surface area contributed by atoms with Crippen LogP contribution in [0.3, 0.4) is 0 Å². The minimum Gasteiger partial charge on any atom is -0.398 e. The number of hydrogen-bond acceptors (Lipinski definition) is 3. The summed E-state index contributed by atoms with van der Waals surface area (Å²) in [5.41, 5.74) is 14.7. The van der Waals surface area contributed by atoms with Crippen LogP contribution in [0.1, 0.15) is 11.1 Å². The van der Waals surface area contributed by atoms with E-state index in [1.165, 1.54) is 0 Å². The van der Waals surface area contributed by atoms with Crippen LogP contribution >= 0.6 is 0 Å². The first-order valence-electron chi connectivity index (χ1n) is 3.90. The number of anilines is 2. The van der Waals surface area contributed by atoms with Crippen molar-refractivity contribution in [1.82, 2.24) is 0 Å². The lowest BCUT2D eigenvalue weighted by molar-refractivity contribution is 0.300. The van der Waals surface area contributed by atoms with Crippen LogP contribution in [0.4, 0.5) is 11.4 Å². The Balaban J connectivity index is 3.05. The van der Waals surface area contributed by atoms with Gasteiger partial charge in [-0.1, -0.05) is 6.07 Å². The number of rotatable bonds is 2. The van der Waals surface area contributed by atoms with E-state index >= 15 is 0 Å². The minimum atomic E-state index is 0.119. The zero-order valence-corrected chi connectivity index (χ0v) is 7.17. The summed E-state index contributed by atoms with van der Waals surface area (Å²) in [6.45, 7) is 2.04. The average molecular weight is 166 g/mol. The van der Waals surface area contributed by atoms with Crippen molar-refractivity contribution in [2.24, 2.45) is 0 Å². The van der Waals surface area contributed by atoms with Gasteiger partial charge in [0.1, 0.15) is 0 Å². The van der Waals surface area contributed by atoms with Gasteiger partial charge in [-0.2, -0.15) is 0 Å². The van der Waals surface area contributed by atoms with Crippen LogP contribution in [0.15, 0.2) is 12.1 Å². The highest BCUT2D eigenvalue weighted by Crippen LogP contribution is 2.20. The van der Waals surface area contributed by atoms with Gasteiger partial charge in [0.05, 0.1) is 0 Å². The average Bonchev–Trinajstić information content (AvgIpc) is 2.01. The fourth-order valence-electron chi connectivity index (χ4n) is 1.14. The maximum Gasteiger partial charge on any atom is 0.0472 e. The fourth-order valence-corrected chi connectivity index (χ4v) is 1.14. The van der Waals surface area contributed by atoms with Gasteiger partial charge in [0.2, 0.25) is 0 Å². The number of aliphatic hydroxyl groups excluding tert-OH is 1. The fraction of sp³-hybridized carbons (Fsp3) is 0.333. The smallest absolute Gasteiger partial charge is 0.0472 e. The van der Waals surface area contributed by atoms with Crippen LogP contribution in [0.2, 0.25) is 0 Å². The van der Waals surface area contributed by atoms with Crippen LogP contribution in [-0.2, 0) is 6.42 Å². The molecule has 1 aromatic carbocycles. The molecule has 3 heteroatoms. The van der Waals surface area contributed by atoms with E-state index in [1.54, 1.807) is 6.07 Å². The number of aliphatic hydroxyl groups is 1. The molecule has 0 radical (unpaired) electrons. The van der Waals surface area contributed by atoms with Crippen LogP contribution in [0, 0.1) is 6.92 Å². The molecule has 1 rings (SSSR count). The molecule has 0 fully saturated rings. The Morgan fingerprint density at radius 2 is 1.92 bits per heavy atom. The predicted octanol–water partition coefficient (Wildman–Crippen LogP) is 0.694. The maximum atomic E-state index is 8.72. The molecule has 0 aliphatic heterocycles. The van der Waals surface area contributed by atoms with Crippen LogP contribution in [-0.4, -0.2) is 11.7 Å². The van der Waals surface area contributed by atoms with Gasteiger partial charge in [0, 0.05) is 18.0 Å². The third-order valence-electron chi connectivity index (χ3n) is 1.91. The molecule has 0 saturated heterocycles. The van der Waals surface area contributed by atoms with Crippen LogP contribution in [0.5, 0.6) is 0 Å². The van der Waals surface area contributed by atoms with Gasteiger partial charge in [-0.25, -0.2) is 0 Å². The van der Waals surface area contributed by atoms with Crippen molar-refractivity contribution in [1.29, 1.82) is 0 Å². The van der Waals surface area contributed by atoms with E-state index < -0.39 is 0 Å². The van der Waals surface area contributed by atoms with Crippen molar-refractivity contribution in [3.05, 3.63) is 23.3 Å². The van der Waals surface area contributed by atoms with E-state index in [9.17, 15) is 0 Å². The Labute approximate surface area is 72.0 Å². The van der Waals surface area contributed by atoms with Crippen LogP contribution in [0.25, 0.3) is 0 Å². The van der Waals surface area contributed by atoms with Crippen molar-refractivity contribution in [3.63, 3.8) is 0 Å². The summed E-state index contributed by atoms with van der Waals surface area (Å²) in [6.07, 6.45) is 0.590. The molecule has 0 atom stereocenters. The number of benzene rings is 1. The van der Waals surface area contributed by atoms with E-state index in [0.29, 0.717) is 17.8 Å². The lowest BCUT2D eigenvalue weighted by Crippen LogP contribution is -2.00. The van der Waals surface area contributed by atoms with Gasteiger partial charge in [0.15, 0.2) is 0 Å². The molecule has 0 spiro atoms. The number of hydrogen-bond donors (Lipinski definition) is 3. The summed E-state index contributed by atoms with van der Waals surface area (Å²) >= 11 is 0. The van der Waals surface area contributed by atoms with Crippen LogP contribution < -0.4 is 11.5 Å². The molecule has 0 aromatic heterocycles. The summed E-state index contributed by atoms with van der Waals surface area (Å²) in [5, 5.41) is 8.72. The van der Waals surface area contributed by atoms with Gasteiger partial charge in [-0.15, -0.1) is 0 Å². The monoisotopic (exact) mass is 166 g/mol. The zero-order chi connectivity index (χ0) is 9.14. The number of nitrogen functional groups attached to an aromatic ring is 2. The van der Waals surface area contributed by atoms with E-state index in [1.807, 2.05) is 13.0 Å². The first kappa shape index (κ1) is 8.87. The van der Waals surface area contributed by atoms with Gasteiger partial charge < -0.3 is 16.6 Å². The molecule has 66 valence electrons. The quantitative estimate of drug-likeness (QED) is 0.566. The van der Waals surface area contributed by atoms with E-state index in [2.05, 4.69) is 0 Å². The SMILES string of the molecule is Cc1cc(CCO)c(N)cc1N. The third-order valence-corrected chi connectivity index (χ3v) is 1.91. The molecule has 0 bridgehead atoms. The zero-order valence-electron chi connectivity index (χ0n) is 7.17. The molecule has 12 heavy (non-hydrogen) atoms. The van der Waals surface area contributed by atoms with Crippen molar-refractivity contribution in [3.8, 4) is 0 Å². The standard InChI is InChI=1S/C9H14N2O/c1-6-4-7(2-3-12)9(11)5-8(6)10/h4-5,12H,2-3,10-11H2,1H3. The second-order valence-corrected chi connectivity index (χ2v) is 2.88. The van der Waals surface area contributed by atoms with Crippen molar-refractivity contribution in [2.75, 3.05) is 18.1 Å². The Bertz CT molecular complexity index is 284. The molecule has 0 unspecified atom stereocenters. The molecular formula is C9H14N2O. The highest BCUT2D eigenvalue weighted by molar-refractivity contribution is 5.60. The Kier molecular flexibility index (Phi) is 2.55. The van der Waals surface area contributed by atoms with Gasteiger partial charge in [-0.05, 0) is 30.5 Å². The number of aryl methyl sites for hydroxylation is 1. The summed E-state index contributed by atoms with van der Waals surface area (Å²) in [5.74, 6) is 0. The summed E-state index contributed by atoms with van der Waals surface area (Å²) in [7, 11) is 0. The van der Waals surface area contributed by atoms with E-state index in [4.69, 9.17) is 16.6 Å². The van der Waals surface area contributed by atoms with Gasteiger partial charge in [-0.3, -0.25) is 0 Å². The van der Waals surface area contributed by atoms with Crippen molar-refractivity contribution >= 4 is 11.4 Å². The number of nitrogens with two attached hydrogens (primary N) is 2. The molecule has 0 aliphatic rings. The first-order valence-corrected chi connectivity index (χ1v) is 3.90. The second-order valence-electron chi connectivity index (χ2n) is 2.88. The summed E-state index contributed by atoms with van der Waals surface area (Å²) in [6, 6.07) is 3.65. The lowest BCUT2D eigenvalue weighted by atomic mass is 10.1. The lowest BCUT2D eigenvalue weighted by Gasteiger charge is -2.07. The maximum absolute atomic E-state index is 8.72. The third kappa shape index (κ3) is 1.68. The largest absolute Gasteiger partial charge is 0.398 e. The van der Waals surface area contributed by atoms with Crippen molar-refractivity contribution in [2.45, 2.75) is 13.3 Å². The molecule has 0 heterocycles. The molecular weight excluding hydrogens is 152 g/mol. The van der Waals surface area contributed by atoms with E-state index in [-0.39, 0.29) is 6.61 Å². The summed E-state index contributed by atoms with van der Waals surface area (Å²) < 4.78 is 0. The molecule has 0 amide bonds. The topological polar surface area (TPSA) is 72.3 Å². The molecule has 1 aromatic rings. The molecule has 5 N–H and O–H groups in total. The highest BCUT2D eigenvalue weighted by Gasteiger charge is 2.01. The first-order chi connectivity index (χ1) is 5.65. The Morgan fingerprint density at radius 3 is 2.50 bits per heavy atom. The van der Waals surface area contributed by atoms with E-state index in [0.717, 1.165) is 11.1 Å².